The molecule has 0 aliphatic rings. The van der Waals surface area contributed by atoms with Gasteiger partial charge in [0.15, 0.2) is 0 Å². The summed E-state index contributed by atoms with van der Waals surface area (Å²) in [5, 5.41) is 3.20. The minimum Gasteiger partial charge on any atom is -0.370 e. The summed E-state index contributed by atoms with van der Waals surface area (Å²) < 4.78 is 0. The van der Waals surface area contributed by atoms with Crippen molar-refractivity contribution in [3.05, 3.63) is 17.6 Å². The van der Waals surface area contributed by atoms with Crippen LogP contribution in [0.2, 0.25) is 0 Å². The Kier molecular flexibility index (Phi) is 3.64. The molecule has 0 unspecified atom stereocenters. The third-order valence-electron chi connectivity index (χ3n) is 1.65. The minimum absolute atomic E-state index is 0.704. The quantitative estimate of drug-likeness (QED) is 0.674. The highest BCUT2D eigenvalue weighted by Gasteiger charge is 1.96. The highest BCUT2D eigenvalue weighted by atomic mass is 15.0. The van der Waals surface area contributed by atoms with Crippen LogP contribution in [-0.2, 0) is 0 Å². The van der Waals surface area contributed by atoms with Gasteiger partial charge in [-0.15, -0.1) is 0 Å². The van der Waals surface area contributed by atoms with Crippen molar-refractivity contribution < 1.29 is 0 Å². The Morgan fingerprint density at radius 1 is 1.38 bits per heavy atom. The van der Waals surface area contributed by atoms with Crippen LogP contribution in [0.15, 0.2) is 6.07 Å². The number of nitrogens with zero attached hydrogens (tertiary/aromatic N) is 2. The monoisotopic (exact) mass is 180 g/mol. The molecule has 0 atom stereocenters. The molecular formula is C9H16N4. The van der Waals surface area contributed by atoms with Gasteiger partial charge in [0.2, 0.25) is 0 Å². The summed E-state index contributed by atoms with van der Waals surface area (Å²) in [6.45, 7) is 5.42. The maximum absolute atomic E-state index is 5.38. The zero-order valence-electron chi connectivity index (χ0n) is 8.17. The van der Waals surface area contributed by atoms with E-state index in [-0.39, 0.29) is 0 Å². The van der Waals surface area contributed by atoms with Crippen molar-refractivity contribution >= 4 is 5.82 Å². The van der Waals surface area contributed by atoms with Gasteiger partial charge in [-0.2, -0.15) is 0 Å². The highest BCUT2D eigenvalue weighted by molar-refractivity contribution is 5.35. The van der Waals surface area contributed by atoms with Crippen LogP contribution in [0.1, 0.15) is 17.9 Å². The second kappa shape index (κ2) is 4.77. The number of nitrogens with two attached hydrogens (primary N) is 1. The first-order valence-corrected chi connectivity index (χ1v) is 4.48. The number of nitrogens with one attached hydrogen (secondary N) is 1. The Morgan fingerprint density at radius 3 is 2.77 bits per heavy atom. The second-order valence-corrected chi connectivity index (χ2v) is 3.01. The van der Waals surface area contributed by atoms with E-state index in [9.17, 15) is 0 Å². The molecule has 0 spiro atoms. The lowest BCUT2D eigenvalue weighted by atomic mass is 10.4. The van der Waals surface area contributed by atoms with E-state index in [1.165, 1.54) is 0 Å². The van der Waals surface area contributed by atoms with E-state index in [1.807, 2.05) is 19.9 Å². The van der Waals surface area contributed by atoms with Gasteiger partial charge in [0.25, 0.3) is 0 Å². The van der Waals surface area contributed by atoms with E-state index in [0.29, 0.717) is 6.54 Å². The van der Waals surface area contributed by atoms with Crippen LogP contribution in [0, 0.1) is 13.8 Å². The van der Waals surface area contributed by atoms with Crippen molar-refractivity contribution in [2.45, 2.75) is 20.3 Å². The average Bonchev–Trinajstić information content (AvgIpc) is 2.03. The van der Waals surface area contributed by atoms with Crippen molar-refractivity contribution in [2.24, 2.45) is 5.73 Å². The average molecular weight is 180 g/mol. The minimum atomic E-state index is 0.704. The molecule has 4 heteroatoms. The molecule has 1 aromatic rings. The van der Waals surface area contributed by atoms with Gasteiger partial charge >= 0.3 is 0 Å². The van der Waals surface area contributed by atoms with Crippen molar-refractivity contribution in [3.63, 3.8) is 0 Å². The fourth-order valence-electron chi connectivity index (χ4n) is 1.13. The number of rotatable bonds is 4. The molecule has 4 nitrogen and oxygen atoms in total. The number of anilines is 1. The van der Waals surface area contributed by atoms with E-state index >= 15 is 0 Å². The van der Waals surface area contributed by atoms with E-state index in [1.54, 1.807) is 0 Å². The van der Waals surface area contributed by atoms with E-state index in [4.69, 9.17) is 5.73 Å². The molecule has 72 valence electrons. The molecule has 0 aliphatic carbocycles. The molecule has 1 aromatic heterocycles. The maximum atomic E-state index is 5.38. The lowest BCUT2D eigenvalue weighted by molar-refractivity contribution is 0.865. The van der Waals surface area contributed by atoms with Crippen molar-refractivity contribution in [3.8, 4) is 0 Å². The smallest absolute Gasteiger partial charge is 0.129 e. The Hall–Kier alpha value is -1.16. The topological polar surface area (TPSA) is 63.8 Å². The van der Waals surface area contributed by atoms with Crippen LogP contribution >= 0.6 is 0 Å². The maximum Gasteiger partial charge on any atom is 0.129 e. The molecular weight excluding hydrogens is 164 g/mol. The van der Waals surface area contributed by atoms with E-state index in [2.05, 4.69) is 15.3 Å². The Morgan fingerprint density at radius 2 is 2.15 bits per heavy atom. The summed E-state index contributed by atoms with van der Waals surface area (Å²) in [6.07, 6.45) is 0.960. The van der Waals surface area contributed by atoms with Gasteiger partial charge in [0, 0.05) is 18.3 Å². The normalized spacial score (nSPS) is 10.1. The predicted octanol–water partition coefficient (Wildman–Crippen LogP) is 0.854. The summed E-state index contributed by atoms with van der Waals surface area (Å²) in [5.41, 5.74) is 6.37. The molecule has 0 amide bonds. The van der Waals surface area contributed by atoms with Crippen LogP contribution in [0.5, 0.6) is 0 Å². The number of hydrogen-bond donors (Lipinski definition) is 2. The Labute approximate surface area is 78.6 Å². The summed E-state index contributed by atoms with van der Waals surface area (Å²) in [6, 6.07) is 1.93. The van der Waals surface area contributed by atoms with Crippen molar-refractivity contribution in [2.75, 3.05) is 18.4 Å². The molecule has 1 heterocycles. The zero-order chi connectivity index (χ0) is 9.68. The van der Waals surface area contributed by atoms with Gasteiger partial charge in [-0.3, -0.25) is 0 Å². The summed E-state index contributed by atoms with van der Waals surface area (Å²) >= 11 is 0. The highest BCUT2D eigenvalue weighted by Crippen LogP contribution is 2.04. The van der Waals surface area contributed by atoms with Crippen LogP contribution < -0.4 is 11.1 Å². The van der Waals surface area contributed by atoms with Crippen LogP contribution in [0.3, 0.4) is 0 Å². The van der Waals surface area contributed by atoms with Crippen LogP contribution in [-0.4, -0.2) is 23.1 Å². The zero-order valence-corrected chi connectivity index (χ0v) is 8.17. The third kappa shape index (κ3) is 3.38. The molecule has 0 saturated carbocycles. The lowest BCUT2D eigenvalue weighted by Gasteiger charge is -2.05. The first-order valence-electron chi connectivity index (χ1n) is 4.48. The van der Waals surface area contributed by atoms with Gasteiger partial charge in [-0.05, 0) is 26.8 Å². The third-order valence-corrected chi connectivity index (χ3v) is 1.65. The number of aromatic nitrogens is 2. The molecule has 1 rings (SSSR count). The van der Waals surface area contributed by atoms with Gasteiger partial charge in [0.1, 0.15) is 11.6 Å². The standard InChI is InChI=1S/C9H16N4/c1-7-6-9(11-5-3-4-10)13-8(2)12-7/h6H,3-5,10H2,1-2H3,(H,11,12,13). The SMILES string of the molecule is Cc1cc(NCCCN)nc(C)n1. The molecule has 3 N–H and O–H groups in total. The van der Waals surface area contributed by atoms with Crippen molar-refractivity contribution in [1.82, 2.24) is 9.97 Å². The largest absolute Gasteiger partial charge is 0.370 e. The fourth-order valence-corrected chi connectivity index (χ4v) is 1.13. The molecule has 0 aliphatic heterocycles. The molecule has 0 radical (unpaired) electrons. The molecule has 0 saturated heterocycles. The predicted molar refractivity (Wildman–Crippen MR) is 53.7 cm³/mol. The van der Waals surface area contributed by atoms with Crippen molar-refractivity contribution in [1.29, 1.82) is 0 Å². The molecule has 0 fully saturated rings. The van der Waals surface area contributed by atoms with Gasteiger partial charge in [-0.1, -0.05) is 0 Å². The van der Waals surface area contributed by atoms with Crippen LogP contribution in [0.4, 0.5) is 5.82 Å². The summed E-state index contributed by atoms with van der Waals surface area (Å²) in [5.74, 6) is 1.69. The second-order valence-electron chi connectivity index (χ2n) is 3.01. The number of hydrogen-bond acceptors (Lipinski definition) is 4. The Bertz CT molecular complexity index is 252. The summed E-state index contributed by atoms with van der Waals surface area (Å²) in [4.78, 5) is 8.43. The lowest BCUT2D eigenvalue weighted by Crippen LogP contribution is -2.10. The van der Waals surface area contributed by atoms with Crippen LogP contribution in [0.25, 0.3) is 0 Å². The van der Waals surface area contributed by atoms with Gasteiger partial charge < -0.3 is 11.1 Å². The molecule has 0 bridgehead atoms. The molecule has 0 aromatic carbocycles. The first-order chi connectivity index (χ1) is 6.22. The summed E-state index contributed by atoms with van der Waals surface area (Å²) in [7, 11) is 0. The molecule has 13 heavy (non-hydrogen) atoms. The number of aryl methyl sites for hydroxylation is 2. The van der Waals surface area contributed by atoms with E-state index < -0.39 is 0 Å². The van der Waals surface area contributed by atoms with Gasteiger partial charge in [-0.25, -0.2) is 9.97 Å². The van der Waals surface area contributed by atoms with E-state index in [0.717, 1.165) is 30.3 Å². The van der Waals surface area contributed by atoms with Gasteiger partial charge in [0.05, 0.1) is 0 Å². The fraction of sp³-hybridized carbons (Fsp3) is 0.556. The Balaban J connectivity index is 2.56. The first kappa shape index (κ1) is 9.92.